The predicted molar refractivity (Wildman–Crippen MR) is 78.0 cm³/mol. The first-order chi connectivity index (χ1) is 9.63. The number of furan rings is 1. The van der Waals surface area contributed by atoms with Gasteiger partial charge in [-0.05, 0) is 43.7 Å². The van der Waals surface area contributed by atoms with Crippen LogP contribution in [0.3, 0.4) is 0 Å². The standard InChI is InChI=1S/C17H15NO2/c1-11-5-6-16-13(8-11)9-17(20-16)15(19)10-14-12(2)4-3-7-18-14/h3-9H,10H2,1-2H3. The van der Waals surface area contributed by atoms with Gasteiger partial charge in [0.2, 0.25) is 5.78 Å². The van der Waals surface area contributed by atoms with E-state index in [2.05, 4.69) is 4.98 Å². The molecule has 2 heterocycles. The van der Waals surface area contributed by atoms with E-state index in [9.17, 15) is 4.79 Å². The van der Waals surface area contributed by atoms with E-state index >= 15 is 0 Å². The number of hydrogen-bond donors (Lipinski definition) is 0. The average molecular weight is 265 g/mol. The molecule has 0 unspecified atom stereocenters. The van der Waals surface area contributed by atoms with Crippen molar-refractivity contribution >= 4 is 16.8 Å². The second kappa shape index (κ2) is 4.93. The summed E-state index contributed by atoms with van der Waals surface area (Å²) >= 11 is 0. The minimum Gasteiger partial charge on any atom is -0.453 e. The summed E-state index contributed by atoms with van der Waals surface area (Å²) in [5, 5.41) is 0.964. The first-order valence-electron chi connectivity index (χ1n) is 6.57. The number of pyridine rings is 1. The molecule has 0 radical (unpaired) electrons. The van der Waals surface area contributed by atoms with Gasteiger partial charge < -0.3 is 4.42 Å². The number of ketones is 1. The van der Waals surface area contributed by atoms with Gasteiger partial charge in [0.05, 0.1) is 12.1 Å². The monoisotopic (exact) mass is 265 g/mol. The Labute approximate surface area is 117 Å². The number of benzene rings is 1. The zero-order valence-corrected chi connectivity index (χ0v) is 11.5. The van der Waals surface area contributed by atoms with Gasteiger partial charge in [0.1, 0.15) is 5.58 Å². The van der Waals surface area contributed by atoms with Crippen molar-refractivity contribution in [2.24, 2.45) is 0 Å². The van der Waals surface area contributed by atoms with E-state index in [0.29, 0.717) is 5.76 Å². The van der Waals surface area contributed by atoms with Crippen molar-refractivity contribution in [2.45, 2.75) is 20.3 Å². The van der Waals surface area contributed by atoms with Crippen LogP contribution in [0.1, 0.15) is 27.4 Å². The Hall–Kier alpha value is -2.42. The van der Waals surface area contributed by atoms with Crippen LogP contribution >= 0.6 is 0 Å². The lowest BCUT2D eigenvalue weighted by Gasteiger charge is -2.01. The van der Waals surface area contributed by atoms with E-state index in [0.717, 1.165) is 27.8 Å². The molecule has 3 aromatic rings. The van der Waals surface area contributed by atoms with Gasteiger partial charge in [-0.1, -0.05) is 17.7 Å². The topological polar surface area (TPSA) is 43.1 Å². The van der Waals surface area contributed by atoms with Crippen LogP contribution in [0.15, 0.2) is 47.0 Å². The van der Waals surface area contributed by atoms with Crippen LogP contribution in [0.5, 0.6) is 0 Å². The Kier molecular flexibility index (Phi) is 3.11. The van der Waals surface area contributed by atoms with Crippen LogP contribution in [0.25, 0.3) is 11.0 Å². The molecule has 0 aliphatic heterocycles. The first-order valence-corrected chi connectivity index (χ1v) is 6.57. The maximum absolute atomic E-state index is 12.3. The molecule has 3 nitrogen and oxygen atoms in total. The SMILES string of the molecule is Cc1ccc2oc(C(=O)Cc3ncccc3C)cc2c1. The van der Waals surface area contributed by atoms with E-state index in [1.165, 1.54) is 0 Å². The molecule has 0 amide bonds. The van der Waals surface area contributed by atoms with Crippen LogP contribution < -0.4 is 0 Å². The fourth-order valence-corrected chi connectivity index (χ4v) is 2.24. The van der Waals surface area contributed by atoms with Gasteiger partial charge >= 0.3 is 0 Å². The molecular formula is C17H15NO2. The van der Waals surface area contributed by atoms with Crippen molar-refractivity contribution in [1.82, 2.24) is 4.98 Å². The largest absolute Gasteiger partial charge is 0.453 e. The van der Waals surface area contributed by atoms with Gasteiger partial charge in [-0.15, -0.1) is 0 Å². The third-order valence-corrected chi connectivity index (χ3v) is 3.39. The van der Waals surface area contributed by atoms with Crippen LogP contribution in [0.4, 0.5) is 0 Å². The van der Waals surface area contributed by atoms with Gasteiger partial charge in [0, 0.05) is 11.6 Å². The first kappa shape index (κ1) is 12.6. The minimum atomic E-state index is -0.0411. The number of fused-ring (bicyclic) bond motifs is 1. The number of carbonyl (C=O) groups excluding carboxylic acids is 1. The summed E-state index contributed by atoms with van der Waals surface area (Å²) in [6.07, 6.45) is 1.98. The highest BCUT2D eigenvalue weighted by atomic mass is 16.3. The highest BCUT2D eigenvalue weighted by molar-refractivity contribution is 5.98. The zero-order valence-electron chi connectivity index (χ0n) is 11.5. The molecule has 0 saturated carbocycles. The number of nitrogens with zero attached hydrogens (tertiary/aromatic N) is 1. The molecule has 0 saturated heterocycles. The third kappa shape index (κ3) is 2.35. The molecule has 2 aromatic heterocycles. The second-order valence-corrected chi connectivity index (χ2v) is 5.02. The summed E-state index contributed by atoms with van der Waals surface area (Å²) in [5.74, 6) is 0.358. The van der Waals surface area contributed by atoms with Crippen LogP contribution in [0, 0.1) is 13.8 Å². The van der Waals surface area contributed by atoms with Gasteiger partial charge in [-0.25, -0.2) is 0 Å². The number of Topliss-reactive ketones (excluding diaryl/α,β-unsaturated/α-hetero) is 1. The minimum absolute atomic E-state index is 0.0411. The molecule has 3 heteroatoms. The quantitative estimate of drug-likeness (QED) is 0.675. The molecule has 0 aliphatic rings. The van der Waals surface area contributed by atoms with E-state index < -0.39 is 0 Å². The van der Waals surface area contributed by atoms with Gasteiger partial charge in [-0.2, -0.15) is 0 Å². The molecule has 3 rings (SSSR count). The van der Waals surface area contributed by atoms with Crippen molar-refractivity contribution in [3.8, 4) is 0 Å². The molecule has 0 bridgehead atoms. The lowest BCUT2D eigenvalue weighted by molar-refractivity contribution is 0.0967. The highest BCUT2D eigenvalue weighted by Crippen LogP contribution is 2.22. The molecule has 0 aliphatic carbocycles. The van der Waals surface area contributed by atoms with Crippen LogP contribution in [-0.2, 0) is 6.42 Å². The Morgan fingerprint density at radius 2 is 2.05 bits per heavy atom. The summed E-state index contributed by atoms with van der Waals surface area (Å²) in [4.78, 5) is 16.5. The van der Waals surface area contributed by atoms with Gasteiger partial charge in [0.25, 0.3) is 0 Å². The third-order valence-electron chi connectivity index (χ3n) is 3.39. The van der Waals surface area contributed by atoms with Gasteiger partial charge in [-0.3, -0.25) is 9.78 Å². The summed E-state index contributed by atoms with van der Waals surface area (Å²) in [5.41, 5.74) is 3.72. The van der Waals surface area contributed by atoms with Crippen molar-refractivity contribution in [3.05, 3.63) is 65.2 Å². The molecule has 1 aromatic carbocycles. The van der Waals surface area contributed by atoms with E-state index in [4.69, 9.17) is 4.42 Å². The number of aryl methyl sites for hydroxylation is 2. The Bertz CT molecular complexity index is 787. The van der Waals surface area contributed by atoms with Crippen LogP contribution in [-0.4, -0.2) is 10.8 Å². The lowest BCUT2D eigenvalue weighted by Crippen LogP contribution is -2.05. The Balaban J connectivity index is 1.91. The van der Waals surface area contributed by atoms with Crippen LogP contribution in [0.2, 0.25) is 0 Å². The van der Waals surface area contributed by atoms with Crippen molar-refractivity contribution in [2.75, 3.05) is 0 Å². The molecule has 0 spiro atoms. The maximum Gasteiger partial charge on any atom is 0.203 e. The summed E-state index contributed by atoms with van der Waals surface area (Å²) in [6, 6.07) is 11.5. The second-order valence-electron chi connectivity index (χ2n) is 5.02. The van der Waals surface area contributed by atoms with Crippen molar-refractivity contribution < 1.29 is 9.21 Å². The summed E-state index contributed by atoms with van der Waals surface area (Å²) < 4.78 is 5.62. The fourth-order valence-electron chi connectivity index (χ4n) is 2.24. The smallest absolute Gasteiger partial charge is 0.203 e. The lowest BCUT2D eigenvalue weighted by atomic mass is 10.1. The number of hydrogen-bond acceptors (Lipinski definition) is 3. The zero-order chi connectivity index (χ0) is 14.1. The van der Waals surface area contributed by atoms with E-state index in [1.807, 2.05) is 50.2 Å². The number of rotatable bonds is 3. The number of aromatic nitrogens is 1. The molecule has 20 heavy (non-hydrogen) atoms. The van der Waals surface area contributed by atoms with E-state index in [1.54, 1.807) is 6.20 Å². The fraction of sp³-hybridized carbons (Fsp3) is 0.176. The molecule has 0 atom stereocenters. The molecular weight excluding hydrogens is 250 g/mol. The number of carbonyl (C=O) groups is 1. The summed E-state index contributed by atoms with van der Waals surface area (Å²) in [7, 11) is 0. The molecule has 0 fully saturated rings. The normalized spacial score (nSPS) is 10.9. The molecule has 100 valence electrons. The van der Waals surface area contributed by atoms with Gasteiger partial charge in [0.15, 0.2) is 5.76 Å². The van der Waals surface area contributed by atoms with Crippen molar-refractivity contribution in [3.63, 3.8) is 0 Å². The summed E-state index contributed by atoms with van der Waals surface area (Å²) in [6.45, 7) is 3.97. The predicted octanol–water partition coefficient (Wildman–Crippen LogP) is 3.87. The highest BCUT2D eigenvalue weighted by Gasteiger charge is 2.14. The van der Waals surface area contributed by atoms with Crippen molar-refractivity contribution in [1.29, 1.82) is 0 Å². The van der Waals surface area contributed by atoms with E-state index in [-0.39, 0.29) is 12.2 Å². The molecule has 0 N–H and O–H groups in total. The Morgan fingerprint density at radius 3 is 2.85 bits per heavy atom. The average Bonchev–Trinajstić information content (AvgIpc) is 2.84. The Morgan fingerprint density at radius 1 is 1.20 bits per heavy atom. The maximum atomic E-state index is 12.3.